The van der Waals surface area contributed by atoms with Crippen LogP contribution < -0.4 is 9.47 Å². The molecule has 144 valence electrons. The zero-order chi connectivity index (χ0) is 19.8. The molecule has 0 saturated carbocycles. The Morgan fingerprint density at radius 1 is 0.750 bits per heavy atom. The third-order valence-corrected chi connectivity index (χ3v) is 4.20. The average molecular weight is 378 g/mol. The number of hydrogen-bond donors (Lipinski definition) is 2. The van der Waals surface area contributed by atoms with Gasteiger partial charge in [0.2, 0.25) is 0 Å². The number of carbonyl (C=O) groups is 1. The Labute approximate surface area is 163 Å². The molecule has 0 bridgehead atoms. The molecule has 3 aromatic rings. The second-order valence-corrected chi connectivity index (χ2v) is 6.39. The fraction of sp³-hybridized carbons (Fsp3) is 0.174. The summed E-state index contributed by atoms with van der Waals surface area (Å²) < 4.78 is 11.9. The van der Waals surface area contributed by atoms with Crippen LogP contribution in [-0.4, -0.2) is 22.3 Å². The van der Waals surface area contributed by atoms with E-state index in [4.69, 9.17) is 14.6 Å². The molecule has 0 radical (unpaired) electrons. The summed E-state index contributed by atoms with van der Waals surface area (Å²) in [6, 6.07) is 24.7. The van der Waals surface area contributed by atoms with E-state index in [0.717, 1.165) is 11.1 Å². The van der Waals surface area contributed by atoms with Crippen molar-refractivity contribution in [3.63, 3.8) is 0 Å². The van der Waals surface area contributed by atoms with Crippen LogP contribution in [-0.2, 0) is 24.4 Å². The molecular formula is C23H22O5. The van der Waals surface area contributed by atoms with E-state index in [0.29, 0.717) is 30.3 Å². The van der Waals surface area contributed by atoms with Crippen molar-refractivity contribution in [3.05, 3.63) is 95.6 Å². The first-order valence-electron chi connectivity index (χ1n) is 8.99. The Morgan fingerprint density at radius 3 is 1.82 bits per heavy atom. The number of carboxylic acid groups (broad SMARTS) is 1. The summed E-state index contributed by atoms with van der Waals surface area (Å²) in [5.74, 6) is -0.181. The second kappa shape index (κ2) is 9.58. The first-order chi connectivity index (χ1) is 13.6. The maximum atomic E-state index is 10.9. The van der Waals surface area contributed by atoms with Crippen molar-refractivity contribution in [1.82, 2.24) is 0 Å². The topological polar surface area (TPSA) is 76.0 Å². The predicted molar refractivity (Wildman–Crippen MR) is 105 cm³/mol. The van der Waals surface area contributed by atoms with Gasteiger partial charge in [-0.2, -0.15) is 0 Å². The fourth-order valence-electron chi connectivity index (χ4n) is 2.69. The van der Waals surface area contributed by atoms with E-state index in [9.17, 15) is 9.90 Å². The van der Waals surface area contributed by atoms with Crippen LogP contribution in [0.25, 0.3) is 0 Å². The third kappa shape index (κ3) is 5.59. The highest BCUT2D eigenvalue weighted by molar-refractivity contribution is 5.72. The molecule has 0 saturated heterocycles. The smallest absolute Gasteiger partial charge is 0.332 e. The van der Waals surface area contributed by atoms with E-state index >= 15 is 0 Å². The highest BCUT2D eigenvalue weighted by Crippen LogP contribution is 2.30. The quantitative estimate of drug-likeness (QED) is 0.592. The molecule has 3 rings (SSSR count). The summed E-state index contributed by atoms with van der Waals surface area (Å²) in [5, 5.41) is 18.6. The van der Waals surface area contributed by atoms with Crippen LogP contribution in [0.1, 0.15) is 16.7 Å². The molecule has 28 heavy (non-hydrogen) atoms. The Kier molecular flexibility index (Phi) is 6.65. The minimum atomic E-state index is -1.46. The second-order valence-electron chi connectivity index (χ2n) is 6.39. The van der Waals surface area contributed by atoms with E-state index in [2.05, 4.69) is 0 Å². The number of aliphatic hydroxyl groups excluding tert-OH is 1. The zero-order valence-electron chi connectivity index (χ0n) is 15.3. The Bertz CT molecular complexity index is 893. The fourth-order valence-corrected chi connectivity index (χ4v) is 2.69. The van der Waals surface area contributed by atoms with Crippen LogP contribution in [0.3, 0.4) is 0 Å². The van der Waals surface area contributed by atoms with Gasteiger partial charge in [0.1, 0.15) is 13.2 Å². The number of ether oxygens (including phenoxy) is 2. The average Bonchev–Trinajstić information content (AvgIpc) is 2.73. The van der Waals surface area contributed by atoms with Crippen molar-refractivity contribution < 1.29 is 24.5 Å². The van der Waals surface area contributed by atoms with Gasteiger partial charge < -0.3 is 19.7 Å². The number of aliphatic carboxylic acids is 1. The minimum Gasteiger partial charge on any atom is -0.485 e. The third-order valence-electron chi connectivity index (χ3n) is 4.20. The van der Waals surface area contributed by atoms with Gasteiger partial charge in [-0.1, -0.05) is 66.7 Å². The molecule has 0 aliphatic carbocycles. The highest BCUT2D eigenvalue weighted by atomic mass is 16.5. The van der Waals surface area contributed by atoms with Gasteiger partial charge in [-0.15, -0.1) is 0 Å². The van der Waals surface area contributed by atoms with Gasteiger partial charge in [0, 0.05) is 6.42 Å². The van der Waals surface area contributed by atoms with Gasteiger partial charge in [0.15, 0.2) is 17.6 Å². The van der Waals surface area contributed by atoms with E-state index in [1.54, 1.807) is 18.2 Å². The molecule has 0 heterocycles. The van der Waals surface area contributed by atoms with Crippen LogP contribution >= 0.6 is 0 Å². The molecule has 1 atom stereocenters. The Hall–Kier alpha value is -3.31. The first-order valence-corrected chi connectivity index (χ1v) is 8.99. The molecule has 5 heteroatoms. The molecule has 3 aromatic carbocycles. The molecule has 0 spiro atoms. The zero-order valence-corrected chi connectivity index (χ0v) is 15.3. The molecule has 0 amide bonds. The lowest BCUT2D eigenvalue weighted by Crippen LogP contribution is -2.21. The molecule has 0 fully saturated rings. The monoisotopic (exact) mass is 378 g/mol. The molecular weight excluding hydrogens is 356 g/mol. The number of carboxylic acids is 1. The first kappa shape index (κ1) is 19.5. The highest BCUT2D eigenvalue weighted by Gasteiger charge is 2.16. The Balaban J connectivity index is 1.76. The van der Waals surface area contributed by atoms with Crippen LogP contribution in [0.4, 0.5) is 0 Å². The van der Waals surface area contributed by atoms with Crippen LogP contribution in [0.2, 0.25) is 0 Å². The van der Waals surface area contributed by atoms with Crippen molar-refractivity contribution >= 4 is 5.97 Å². The molecule has 1 unspecified atom stereocenters. The number of aliphatic hydroxyl groups is 1. The van der Waals surface area contributed by atoms with Gasteiger partial charge in [-0.05, 0) is 28.8 Å². The van der Waals surface area contributed by atoms with Gasteiger partial charge in [-0.25, -0.2) is 4.79 Å². The summed E-state index contributed by atoms with van der Waals surface area (Å²) in [4.78, 5) is 10.9. The summed E-state index contributed by atoms with van der Waals surface area (Å²) in [6.07, 6.45) is -1.46. The van der Waals surface area contributed by atoms with E-state index in [-0.39, 0.29) is 6.42 Å². The lowest BCUT2D eigenvalue weighted by Gasteiger charge is -2.15. The standard InChI is InChI=1S/C23H22O5/c24-20(23(25)26)13-19-11-12-21(27-15-17-7-3-1-4-8-17)22(14-19)28-16-18-9-5-2-6-10-18/h1-12,14,20,24H,13,15-16H2,(H,25,26). The molecule has 5 nitrogen and oxygen atoms in total. The van der Waals surface area contributed by atoms with Crippen LogP contribution in [0.5, 0.6) is 11.5 Å². The molecule has 2 N–H and O–H groups in total. The predicted octanol–water partition coefficient (Wildman–Crippen LogP) is 3.83. The summed E-state index contributed by atoms with van der Waals surface area (Å²) in [5.41, 5.74) is 2.69. The summed E-state index contributed by atoms with van der Waals surface area (Å²) in [6.45, 7) is 0.743. The molecule has 0 aliphatic rings. The van der Waals surface area contributed by atoms with Gasteiger partial charge in [0.05, 0.1) is 0 Å². The van der Waals surface area contributed by atoms with E-state index in [1.807, 2.05) is 60.7 Å². The van der Waals surface area contributed by atoms with Gasteiger partial charge in [0.25, 0.3) is 0 Å². The molecule has 0 aliphatic heterocycles. The largest absolute Gasteiger partial charge is 0.485 e. The van der Waals surface area contributed by atoms with Crippen molar-refractivity contribution in [3.8, 4) is 11.5 Å². The van der Waals surface area contributed by atoms with Crippen molar-refractivity contribution in [1.29, 1.82) is 0 Å². The number of rotatable bonds is 9. The SMILES string of the molecule is O=C(O)C(O)Cc1ccc(OCc2ccccc2)c(OCc2ccccc2)c1. The number of hydrogen-bond acceptors (Lipinski definition) is 4. The van der Waals surface area contributed by atoms with Crippen molar-refractivity contribution in [2.45, 2.75) is 25.7 Å². The van der Waals surface area contributed by atoms with Crippen molar-refractivity contribution in [2.75, 3.05) is 0 Å². The molecule has 0 aromatic heterocycles. The maximum Gasteiger partial charge on any atom is 0.332 e. The number of benzene rings is 3. The lowest BCUT2D eigenvalue weighted by molar-refractivity contribution is -0.146. The van der Waals surface area contributed by atoms with Crippen LogP contribution in [0.15, 0.2) is 78.9 Å². The van der Waals surface area contributed by atoms with Crippen molar-refractivity contribution in [2.24, 2.45) is 0 Å². The maximum absolute atomic E-state index is 10.9. The Morgan fingerprint density at radius 2 is 1.29 bits per heavy atom. The van der Waals surface area contributed by atoms with Gasteiger partial charge >= 0.3 is 5.97 Å². The van der Waals surface area contributed by atoms with Crippen LogP contribution in [0, 0.1) is 0 Å². The lowest BCUT2D eigenvalue weighted by atomic mass is 10.1. The summed E-state index contributed by atoms with van der Waals surface area (Å²) >= 11 is 0. The van der Waals surface area contributed by atoms with Gasteiger partial charge in [-0.3, -0.25) is 0 Å². The minimum absolute atomic E-state index is 0.00397. The van der Waals surface area contributed by atoms with E-state index < -0.39 is 12.1 Å². The summed E-state index contributed by atoms with van der Waals surface area (Å²) in [7, 11) is 0. The normalized spacial score (nSPS) is 11.6. The van der Waals surface area contributed by atoms with E-state index in [1.165, 1.54) is 0 Å².